The fraction of sp³-hybridized carbons (Fsp3) is 0.786. The smallest absolute Gasteiger partial charge is 0.114 e. The van der Waals surface area contributed by atoms with Gasteiger partial charge in [-0.15, -0.1) is 11.3 Å². The molecule has 1 aromatic heterocycles. The van der Waals surface area contributed by atoms with Gasteiger partial charge in [-0.25, -0.2) is 4.98 Å². The second kappa shape index (κ2) is 4.02. The van der Waals surface area contributed by atoms with Crippen LogP contribution in [0.3, 0.4) is 0 Å². The number of nitrogens with zero attached hydrogens (tertiary/aromatic N) is 2. The third kappa shape index (κ3) is 2.00. The lowest BCUT2D eigenvalue weighted by Crippen LogP contribution is -2.46. The minimum absolute atomic E-state index is 0.169. The Morgan fingerprint density at radius 2 is 2.22 bits per heavy atom. The minimum atomic E-state index is 0.169. The fourth-order valence-corrected chi connectivity index (χ4v) is 4.12. The van der Waals surface area contributed by atoms with Crippen molar-refractivity contribution in [3.63, 3.8) is 0 Å². The molecule has 2 saturated carbocycles. The van der Waals surface area contributed by atoms with Gasteiger partial charge in [0.15, 0.2) is 0 Å². The van der Waals surface area contributed by atoms with E-state index in [0.717, 1.165) is 12.1 Å². The summed E-state index contributed by atoms with van der Waals surface area (Å²) < 4.78 is 0. The van der Waals surface area contributed by atoms with Crippen LogP contribution in [0.25, 0.3) is 0 Å². The van der Waals surface area contributed by atoms with Crippen LogP contribution in [-0.2, 0) is 5.54 Å². The van der Waals surface area contributed by atoms with Crippen molar-refractivity contribution in [2.75, 3.05) is 13.1 Å². The van der Waals surface area contributed by atoms with E-state index in [-0.39, 0.29) is 5.54 Å². The van der Waals surface area contributed by atoms with E-state index < -0.39 is 0 Å². The van der Waals surface area contributed by atoms with Crippen LogP contribution in [0.1, 0.15) is 42.8 Å². The molecule has 98 valence electrons. The van der Waals surface area contributed by atoms with Gasteiger partial charge >= 0.3 is 0 Å². The van der Waals surface area contributed by atoms with Gasteiger partial charge in [-0.2, -0.15) is 0 Å². The maximum Gasteiger partial charge on any atom is 0.114 e. The van der Waals surface area contributed by atoms with Gasteiger partial charge in [0.25, 0.3) is 0 Å². The molecule has 1 aromatic rings. The molecule has 3 aliphatic rings. The average Bonchev–Trinajstić information content (AvgIpc) is 3.26. The van der Waals surface area contributed by atoms with Crippen LogP contribution >= 0.6 is 11.3 Å². The quantitative estimate of drug-likeness (QED) is 0.903. The predicted octanol–water partition coefficient (Wildman–Crippen LogP) is 2.27. The minimum Gasteiger partial charge on any atom is -0.301 e. The Morgan fingerprint density at radius 1 is 1.39 bits per heavy atom. The fourth-order valence-electron chi connectivity index (χ4n) is 3.14. The van der Waals surface area contributed by atoms with Crippen LogP contribution in [0.4, 0.5) is 0 Å². The second-order valence-corrected chi connectivity index (χ2v) is 7.10. The highest BCUT2D eigenvalue weighted by Crippen LogP contribution is 2.41. The van der Waals surface area contributed by atoms with Crippen molar-refractivity contribution in [1.82, 2.24) is 15.2 Å². The highest BCUT2D eigenvalue weighted by molar-refractivity contribution is 7.09. The van der Waals surface area contributed by atoms with Gasteiger partial charge in [-0.3, -0.25) is 4.90 Å². The first kappa shape index (κ1) is 11.4. The van der Waals surface area contributed by atoms with E-state index in [9.17, 15) is 0 Å². The molecule has 1 saturated heterocycles. The van der Waals surface area contributed by atoms with Gasteiger partial charge < -0.3 is 5.32 Å². The maximum atomic E-state index is 4.79. The first-order chi connectivity index (χ1) is 8.75. The molecule has 0 amide bonds. The number of aromatic nitrogens is 1. The predicted molar refractivity (Wildman–Crippen MR) is 73.9 cm³/mol. The molecular weight excluding hydrogens is 242 g/mol. The monoisotopic (exact) mass is 263 g/mol. The van der Waals surface area contributed by atoms with E-state index in [4.69, 9.17) is 4.98 Å². The number of hydrogen-bond donors (Lipinski definition) is 1. The summed E-state index contributed by atoms with van der Waals surface area (Å²) in [5, 5.41) is 7.44. The molecule has 2 heterocycles. The molecule has 0 bridgehead atoms. The molecule has 4 rings (SSSR count). The topological polar surface area (TPSA) is 28.2 Å². The second-order valence-electron chi connectivity index (χ2n) is 6.25. The van der Waals surface area contributed by atoms with Crippen molar-refractivity contribution >= 4 is 11.3 Å². The Kier molecular flexibility index (Phi) is 2.54. The molecule has 1 unspecified atom stereocenters. The number of aryl methyl sites for hydroxylation is 1. The summed E-state index contributed by atoms with van der Waals surface area (Å²) in [6, 6.07) is 1.64. The summed E-state index contributed by atoms with van der Waals surface area (Å²) in [7, 11) is 0. The van der Waals surface area contributed by atoms with Crippen molar-refractivity contribution in [3.05, 3.63) is 16.1 Å². The number of likely N-dealkylation sites (tertiary alicyclic amines) is 1. The Balaban J connectivity index is 1.60. The summed E-state index contributed by atoms with van der Waals surface area (Å²) in [5.74, 6) is 0. The van der Waals surface area contributed by atoms with Gasteiger partial charge in [-0.1, -0.05) is 0 Å². The molecule has 18 heavy (non-hydrogen) atoms. The van der Waals surface area contributed by atoms with Crippen LogP contribution in [0, 0.1) is 6.92 Å². The first-order valence-corrected chi connectivity index (χ1v) is 8.07. The lowest BCUT2D eigenvalue weighted by molar-refractivity contribution is 0.272. The summed E-state index contributed by atoms with van der Waals surface area (Å²) >= 11 is 1.85. The zero-order valence-electron chi connectivity index (χ0n) is 11.0. The van der Waals surface area contributed by atoms with Crippen LogP contribution in [0.2, 0.25) is 0 Å². The molecule has 4 heteroatoms. The van der Waals surface area contributed by atoms with Crippen LogP contribution in [-0.4, -0.2) is 35.1 Å². The standard InChI is InChI=1S/C14H21N3S/c1-10-8-18-13(15-10)14(16-11-2-3-11)6-7-17(9-14)12-4-5-12/h8,11-12,16H,2-7,9H2,1H3. The van der Waals surface area contributed by atoms with Crippen molar-refractivity contribution in [2.24, 2.45) is 0 Å². The Morgan fingerprint density at radius 3 is 2.83 bits per heavy atom. The molecule has 0 radical (unpaired) electrons. The Labute approximate surface area is 113 Å². The van der Waals surface area contributed by atoms with Gasteiger partial charge in [0.05, 0.1) is 5.54 Å². The van der Waals surface area contributed by atoms with Crippen LogP contribution < -0.4 is 5.32 Å². The highest BCUT2D eigenvalue weighted by Gasteiger charge is 2.47. The first-order valence-electron chi connectivity index (χ1n) is 7.20. The van der Waals surface area contributed by atoms with Crippen molar-refractivity contribution < 1.29 is 0 Å². The molecule has 0 spiro atoms. The SMILES string of the molecule is Cc1csc(C2(NC3CC3)CCN(C3CC3)C2)n1. The lowest BCUT2D eigenvalue weighted by atomic mass is 9.99. The number of thiazole rings is 1. The Bertz CT molecular complexity index is 450. The Hall–Kier alpha value is -0.450. The highest BCUT2D eigenvalue weighted by atomic mass is 32.1. The summed E-state index contributed by atoms with van der Waals surface area (Å²) in [6.07, 6.45) is 6.78. The van der Waals surface area contributed by atoms with E-state index in [1.54, 1.807) is 0 Å². The van der Waals surface area contributed by atoms with Gasteiger partial charge in [-0.05, 0) is 39.0 Å². The molecule has 1 N–H and O–H groups in total. The van der Waals surface area contributed by atoms with Gasteiger partial charge in [0, 0.05) is 36.2 Å². The maximum absolute atomic E-state index is 4.79. The zero-order valence-corrected chi connectivity index (χ0v) is 11.8. The van der Waals surface area contributed by atoms with Crippen molar-refractivity contribution in [2.45, 2.75) is 56.7 Å². The third-order valence-corrected chi connectivity index (χ3v) is 5.61. The van der Waals surface area contributed by atoms with E-state index in [1.165, 1.54) is 55.9 Å². The summed E-state index contributed by atoms with van der Waals surface area (Å²) in [4.78, 5) is 7.48. The number of hydrogen-bond acceptors (Lipinski definition) is 4. The van der Waals surface area contributed by atoms with E-state index in [2.05, 4.69) is 22.5 Å². The molecule has 1 aliphatic heterocycles. The van der Waals surface area contributed by atoms with Crippen molar-refractivity contribution in [3.8, 4) is 0 Å². The van der Waals surface area contributed by atoms with Crippen LogP contribution in [0.15, 0.2) is 5.38 Å². The zero-order chi connectivity index (χ0) is 12.2. The molecule has 3 nitrogen and oxygen atoms in total. The molecule has 3 fully saturated rings. The molecule has 2 aliphatic carbocycles. The largest absolute Gasteiger partial charge is 0.301 e. The number of nitrogens with one attached hydrogen (secondary N) is 1. The van der Waals surface area contributed by atoms with Gasteiger partial charge in [0.2, 0.25) is 0 Å². The normalized spacial score (nSPS) is 33.2. The van der Waals surface area contributed by atoms with E-state index in [0.29, 0.717) is 0 Å². The molecule has 1 atom stereocenters. The lowest BCUT2D eigenvalue weighted by Gasteiger charge is -2.29. The molecular formula is C14H21N3S. The van der Waals surface area contributed by atoms with Crippen molar-refractivity contribution in [1.29, 1.82) is 0 Å². The van der Waals surface area contributed by atoms with E-state index >= 15 is 0 Å². The van der Waals surface area contributed by atoms with Gasteiger partial charge in [0.1, 0.15) is 5.01 Å². The third-order valence-electron chi connectivity index (χ3n) is 4.45. The van der Waals surface area contributed by atoms with E-state index in [1.807, 2.05) is 11.3 Å². The summed E-state index contributed by atoms with van der Waals surface area (Å²) in [6.45, 7) is 4.54. The van der Waals surface area contributed by atoms with Crippen LogP contribution in [0.5, 0.6) is 0 Å². The number of rotatable bonds is 4. The average molecular weight is 263 g/mol. The molecule has 0 aromatic carbocycles. The summed E-state index contributed by atoms with van der Waals surface area (Å²) in [5.41, 5.74) is 1.35.